The van der Waals surface area contributed by atoms with Gasteiger partial charge in [0.2, 0.25) is 5.43 Å². The van der Waals surface area contributed by atoms with E-state index in [0.717, 1.165) is 47.9 Å². The normalized spacial score (nSPS) is 14.7. The maximum absolute atomic E-state index is 13.7. The van der Waals surface area contributed by atoms with E-state index in [1.54, 1.807) is 6.20 Å². The number of fused-ring (bicyclic) bond motifs is 5. The van der Waals surface area contributed by atoms with E-state index in [4.69, 9.17) is 4.98 Å². The number of piperazine rings is 1. The minimum absolute atomic E-state index is 0.143. The molecule has 0 saturated carbocycles. The first-order valence-corrected chi connectivity index (χ1v) is 13.4. The molecule has 5 heterocycles. The van der Waals surface area contributed by atoms with E-state index in [2.05, 4.69) is 33.9 Å². The van der Waals surface area contributed by atoms with Crippen LogP contribution in [0.25, 0.3) is 26.1 Å². The largest absolute Gasteiger partial charge is 0.354 e. The average Bonchev–Trinajstić information content (AvgIpc) is 3.31. The van der Waals surface area contributed by atoms with Gasteiger partial charge in [0.25, 0.3) is 5.91 Å². The lowest BCUT2D eigenvalue weighted by atomic mass is 10.1. The molecule has 9 heteroatoms. The summed E-state index contributed by atoms with van der Waals surface area (Å²) in [6, 6.07) is 17.7. The number of carbonyl (C=O) groups excluding carboxylic acids is 1. The van der Waals surface area contributed by atoms with E-state index in [1.165, 1.54) is 11.3 Å². The van der Waals surface area contributed by atoms with Gasteiger partial charge in [0.15, 0.2) is 5.65 Å². The minimum atomic E-state index is -0.407. The highest BCUT2D eigenvalue weighted by Gasteiger charge is 2.24. The van der Waals surface area contributed by atoms with Crippen molar-refractivity contribution in [3.05, 3.63) is 82.3 Å². The molecule has 0 bridgehead atoms. The summed E-state index contributed by atoms with van der Waals surface area (Å²) < 4.78 is 2.96. The Labute approximate surface area is 218 Å². The highest BCUT2D eigenvalue weighted by Crippen LogP contribution is 2.31. The van der Waals surface area contributed by atoms with Crippen LogP contribution in [0.1, 0.15) is 29.9 Å². The van der Waals surface area contributed by atoms with E-state index in [9.17, 15) is 9.59 Å². The Balaban J connectivity index is 1.47. The van der Waals surface area contributed by atoms with Gasteiger partial charge in [0.1, 0.15) is 16.2 Å². The molecule has 1 aliphatic rings. The smallest absolute Gasteiger partial charge is 0.258 e. The van der Waals surface area contributed by atoms with Crippen LogP contribution in [-0.4, -0.2) is 57.4 Å². The highest BCUT2D eigenvalue weighted by atomic mass is 32.1. The molecule has 1 aliphatic heterocycles. The van der Waals surface area contributed by atoms with Crippen molar-refractivity contribution < 1.29 is 4.79 Å². The van der Waals surface area contributed by atoms with Crippen molar-refractivity contribution in [3.8, 4) is 0 Å². The van der Waals surface area contributed by atoms with Gasteiger partial charge < -0.3 is 10.2 Å². The standard InChI is InChI=1S/C28H28N6O2S/c1-18(2)32-13-15-33(16-14-32)23-11-10-20-25(35)24(27(36)30-17-19-7-5-6-12-29-19)28-34(26(20)31-23)21-8-3-4-9-22(21)37-28/h3-12,18H,13-17H2,1-2H3,(H,30,36). The number of aromatic nitrogens is 3. The zero-order valence-electron chi connectivity index (χ0n) is 20.8. The number of hydrogen-bond donors (Lipinski definition) is 1. The number of nitrogens with zero attached hydrogens (tertiary/aromatic N) is 5. The van der Waals surface area contributed by atoms with Crippen molar-refractivity contribution in [2.24, 2.45) is 0 Å². The van der Waals surface area contributed by atoms with Crippen LogP contribution in [0.5, 0.6) is 0 Å². The lowest BCUT2D eigenvalue weighted by Crippen LogP contribution is -2.49. The lowest BCUT2D eigenvalue weighted by molar-refractivity contribution is 0.0951. The summed E-state index contributed by atoms with van der Waals surface area (Å²) in [6.07, 6.45) is 1.68. The van der Waals surface area contributed by atoms with Gasteiger partial charge in [-0.1, -0.05) is 18.2 Å². The Hall–Kier alpha value is -3.82. The van der Waals surface area contributed by atoms with Crippen LogP contribution < -0.4 is 15.6 Å². The van der Waals surface area contributed by atoms with Crippen LogP contribution in [0, 0.1) is 0 Å². The average molecular weight is 513 g/mol. The van der Waals surface area contributed by atoms with Crippen molar-refractivity contribution in [1.29, 1.82) is 0 Å². The van der Waals surface area contributed by atoms with Crippen molar-refractivity contribution in [1.82, 2.24) is 24.6 Å². The minimum Gasteiger partial charge on any atom is -0.354 e. The summed E-state index contributed by atoms with van der Waals surface area (Å²) in [5.41, 5.74) is 2.09. The third-order valence-electron chi connectivity index (χ3n) is 7.03. The van der Waals surface area contributed by atoms with Gasteiger partial charge in [-0.15, -0.1) is 11.3 Å². The predicted molar refractivity (Wildman–Crippen MR) is 149 cm³/mol. The molecule has 188 valence electrons. The number of para-hydroxylation sites is 1. The summed E-state index contributed by atoms with van der Waals surface area (Å²) in [7, 11) is 0. The number of thiazole rings is 1. The zero-order chi connectivity index (χ0) is 25.5. The van der Waals surface area contributed by atoms with E-state index >= 15 is 0 Å². The predicted octanol–water partition coefficient (Wildman–Crippen LogP) is 3.92. The number of rotatable bonds is 5. The molecule has 1 N–H and O–H groups in total. The monoisotopic (exact) mass is 512 g/mol. The first-order chi connectivity index (χ1) is 18.0. The second-order valence-corrected chi connectivity index (χ2v) is 10.6. The number of carbonyl (C=O) groups is 1. The van der Waals surface area contributed by atoms with Gasteiger partial charge in [0.05, 0.1) is 27.8 Å². The second kappa shape index (κ2) is 9.57. The molecular formula is C28H28N6O2S. The molecule has 0 unspecified atom stereocenters. The molecule has 8 nitrogen and oxygen atoms in total. The number of nitrogens with one attached hydrogen (secondary N) is 1. The van der Waals surface area contributed by atoms with E-state index in [-0.39, 0.29) is 17.5 Å². The number of amides is 1. The van der Waals surface area contributed by atoms with Crippen LogP contribution in [0.2, 0.25) is 0 Å². The maximum atomic E-state index is 13.7. The SMILES string of the molecule is CC(C)N1CCN(c2ccc3c(=O)c(C(=O)NCc4ccccn4)c4sc5ccccc5n4c3n2)CC1. The van der Waals surface area contributed by atoms with Gasteiger partial charge in [0, 0.05) is 38.4 Å². The first-order valence-electron chi connectivity index (χ1n) is 12.6. The van der Waals surface area contributed by atoms with E-state index in [1.807, 2.05) is 59.0 Å². The Kier molecular flexibility index (Phi) is 6.10. The molecule has 1 saturated heterocycles. The Bertz CT molecular complexity index is 1670. The first kappa shape index (κ1) is 23.6. The third-order valence-corrected chi connectivity index (χ3v) is 8.17. The molecule has 5 aromatic rings. The molecule has 0 atom stereocenters. The number of anilines is 1. The third kappa shape index (κ3) is 4.24. The lowest BCUT2D eigenvalue weighted by Gasteiger charge is -2.37. The molecule has 0 radical (unpaired) electrons. The fraction of sp³-hybridized carbons (Fsp3) is 0.286. The fourth-order valence-electron chi connectivity index (χ4n) is 4.98. The molecular weight excluding hydrogens is 484 g/mol. The van der Waals surface area contributed by atoms with Crippen molar-refractivity contribution in [2.75, 3.05) is 31.1 Å². The number of hydrogen-bond acceptors (Lipinski definition) is 7. The summed E-state index contributed by atoms with van der Waals surface area (Å²) >= 11 is 1.44. The zero-order valence-corrected chi connectivity index (χ0v) is 21.7. The molecule has 0 spiro atoms. The Morgan fingerprint density at radius 2 is 1.81 bits per heavy atom. The molecule has 1 fully saturated rings. The Morgan fingerprint density at radius 3 is 2.57 bits per heavy atom. The van der Waals surface area contributed by atoms with Crippen LogP contribution in [-0.2, 0) is 6.54 Å². The summed E-state index contributed by atoms with van der Waals surface area (Å²) in [5.74, 6) is 0.447. The maximum Gasteiger partial charge on any atom is 0.258 e. The van der Waals surface area contributed by atoms with Gasteiger partial charge in [-0.25, -0.2) is 4.98 Å². The molecule has 1 aromatic carbocycles. The Morgan fingerprint density at radius 1 is 1.03 bits per heavy atom. The van der Waals surface area contributed by atoms with Crippen LogP contribution in [0.3, 0.4) is 0 Å². The quantitative estimate of drug-likeness (QED) is 0.384. The number of benzene rings is 1. The molecule has 4 aromatic heterocycles. The van der Waals surface area contributed by atoms with Crippen molar-refractivity contribution >= 4 is 49.1 Å². The highest BCUT2D eigenvalue weighted by molar-refractivity contribution is 7.24. The van der Waals surface area contributed by atoms with Crippen LogP contribution in [0.4, 0.5) is 5.82 Å². The van der Waals surface area contributed by atoms with Gasteiger partial charge in [-0.2, -0.15) is 0 Å². The number of pyridine rings is 3. The molecule has 0 aliphatic carbocycles. The summed E-state index contributed by atoms with van der Waals surface area (Å²) in [4.78, 5) is 41.7. The second-order valence-electron chi connectivity index (χ2n) is 9.58. The van der Waals surface area contributed by atoms with E-state index in [0.29, 0.717) is 21.9 Å². The topological polar surface area (TPSA) is 82.8 Å². The fourth-order valence-corrected chi connectivity index (χ4v) is 6.17. The van der Waals surface area contributed by atoms with Crippen molar-refractivity contribution in [3.63, 3.8) is 0 Å². The summed E-state index contributed by atoms with van der Waals surface area (Å²) in [6.45, 7) is 8.40. The molecule has 1 amide bonds. The molecule has 6 rings (SSSR count). The van der Waals surface area contributed by atoms with Gasteiger partial charge in [-0.3, -0.25) is 23.9 Å². The van der Waals surface area contributed by atoms with Crippen molar-refractivity contribution in [2.45, 2.75) is 26.4 Å². The van der Waals surface area contributed by atoms with Crippen LogP contribution in [0.15, 0.2) is 65.6 Å². The molecule has 37 heavy (non-hydrogen) atoms. The van der Waals surface area contributed by atoms with E-state index < -0.39 is 5.91 Å². The van der Waals surface area contributed by atoms with Gasteiger partial charge in [-0.05, 0) is 50.2 Å². The van der Waals surface area contributed by atoms with Gasteiger partial charge >= 0.3 is 0 Å². The summed E-state index contributed by atoms with van der Waals surface area (Å²) in [5, 5.41) is 3.33. The van der Waals surface area contributed by atoms with Crippen LogP contribution >= 0.6 is 11.3 Å².